The molecule has 8 heteroatoms. The second-order valence-corrected chi connectivity index (χ2v) is 6.29. The fourth-order valence-corrected chi connectivity index (χ4v) is 2.51. The van der Waals surface area contributed by atoms with E-state index in [1.807, 2.05) is 19.0 Å². The zero-order valence-electron chi connectivity index (χ0n) is 15.5. The minimum atomic E-state index is -0.965. The molecule has 0 aromatic heterocycles. The first-order valence-electron chi connectivity index (χ1n) is 8.61. The summed E-state index contributed by atoms with van der Waals surface area (Å²) in [5, 5.41) is 2.14. The fraction of sp³-hybridized carbons (Fsp3) is 0.250. The Morgan fingerprint density at radius 3 is 2.43 bits per heavy atom. The summed E-state index contributed by atoms with van der Waals surface area (Å²) in [6.07, 6.45) is -0.965. The average molecular weight is 384 g/mol. The van der Waals surface area contributed by atoms with Crippen molar-refractivity contribution in [2.75, 3.05) is 32.2 Å². The minimum Gasteiger partial charge on any atom is -0.485 e. The number of anilines is 1. The highest BCUT2D eigenvalue weighted by molar-refractivity contribution is 5.99. The van der Waals surface area contributed by atoms with Crippen molar-refractivity contribution in [3.63, 3.8) is 0 Å². The van der Waals surface area contributed by atoms with E-state index in [1.54, 1.807) is 48.5 Å². The van der Waals surface area contributed by atoms with Gasteiger partial charge in [-0.3, -0.25) is 14.9 Å². The number of imide groups is 1. The molecule has 0 saturated heterocycles. The zero-order chi connectivity index (χ0) is 20.1. The van der Waals surface area contributed by atoms with Crippen LogP contribution in [0.4, 0.5) is 5.69 Å². The van der Waals surface area contributed by atoms with Gasteiger partial charge in [-0.2, -0.15) is 0 Å². The number of nitrogens with zero attached hydrogens (tertiary/aromatic N) is 1. The summed E-state index contributed by atoms with van der Waals surface area (Å²) < 4.78 is 15.9. The molecular weight excluding hydrogens is 364 g/mol. The second kappa shape index (κ2) is 8.43. The number of para-hydroxylation sites is 2. The van der Waals surface area contributed by atoms with Crippen LogP contribution in [-0.2, 0) is 14.3 Å². The van der Waals surface area contributed by atoms with Crippen molar-refractivity contribution in [1.82, 2.24) is 5.32 Å². The molecule has 1 N–H and O–H groups in total. The summed E-state index contributed by atoms with van der Waals surface area (Å²) in [4.78, 5) is 38.0. The van der Waals surface area contributed by atoms with Crippen molar-refractivity contribution in [1.29, 1.82) is 0 Å². The Bertz CT molecular complexity index is 879. The van der Waals surface area contributed by atoms with Crippen LogP contribution >= 0.6 is 0 Å². The van der Waals surface area contributed by atoms with Crippen molar-refractivity contribution >= 4 is 23.5 Å². The summed E-state index contributed by atoms with van der Waals surface area (Å²) >= 11 is 0. The first-order valence-corrected chi connectivity index (χ1v) is 8.61. The van der Waals surface area contributed by atoms with Crippen molar-refractivity contribution < 1.29 is 28.6 Å². The van der Waals surface area contributed by atoms with Crippen molar-refractivity contribution in [3.05, 3.63) is 54.1 Å². The van der Waals surface area contributed by atoms with Crippen LogP contribution in [0.1, 0.15) is 10.4 Å². The molecule has 28 heavy (non-hydrogen) atoms. The van der Waals surface area contributed by atoms with Crippen LogP contribution in [0.15, 0.2) is 48.5 Å². The summed E-state index contributed by atoms with van der Waals surface area (Å²) in [5.74, 6) is -1.10. The standard InChI is InChI=1S/C20H20N2O6/c1-22(2)14-9-7-13(8-10-14)20(25)27-12-18(23)21-19(24)17-11-26-15-5-3-4-6-16(15)28-17/h3-10,17H,11-12H2,1-2H3,(H,21,23,24)/t17-/m0/s1. The Labute approximate surface area is 162 Å². The Morgan fingerprint density at radius 2 is 1.75 bits per heavy atom. The zero-order valence-corrected chi connectivity index (χ0v) is 15.5. The van der Waals surface area contributed by atoms with E-state index >= 15 is 0 Å². The molecule has 8 nitrogen and oxygen atoms in total. The Morgan fingerprint density at radius 1 is 1.07 bits per heavy atom. The molecule has 1 aliphatic rings. The number of rotatable bonds is 5. The van der Waals surface area contributed by atoms with Gasteiger partial charge in [0.1, 0.15) is 6.61 Å². The normalized spacial score (nSPS) is 14.7. The largest absolute Gasteiger partial charge is 0.485 e. The Hall–Kier alpha value is -3.55. The predicted molar refractivity (Wildman–Crippen MR) is 101 cm³/mol. The molecule has 0 radical (unpaired) electrons. The van der Waals surface area contributed by atoms with Crippen LogP contribution in [0, 0.1) is 0 Å². The number of benzene rings is 2. The highest BCUT2D eigenvalue weighted by atomic mass is 16.6. The van der Waals surface area contributed by atoms with Crippen molar-refractivity contribution in [3.8, 4) is 11.5 Å². The lowest BCUT2D eigenvalue weighted by Crippen LogP contribution is -2.47. The maximum absolute atomic E-state index is 12.2. The fourth-order valence-electron chi connectivity index (χ4n) is 2.51. The number of hydrogen-bond acceptors (Lipinski definition) is 7. The van der Waals surface area contributed by atoms with Gasteiger partial charge in [0.15, 0.2) is 18.1 Å². The average Bonchev–Trinajstić information content (AvgIpc) is 2.71. The topological polar surface area (TPSA) is 94.2 Å². The maximum Gasteiger partial charge on any atom is 0.338 e. The van der Waals surface area contributed by atoms with Gasteiger partial charge in [-0.1, -0.05) is 12.1 Å². The quantitative estimate of drug-likeness (QED) is 0.779. The van der Waals surface area contributed by atoms with Crippen molar-refractivity contribution in [2.24, 2.45) is 0 Å². The number of amides is 2. The third-order valence-electron chi connectivity index (χ3n) is 4.02. The van der Waals surface area contributed by atoms with E-state index in [2.05, 4.69) is 5.32 Å². The van der Waals surface area contributed by atoms with E-state index in [4.69, 9.17) is 14.2 Å². The number of hydrogen-bond donors (Lipinski definition) is 1. The molecular formula is C20H20N2O6. The molecule has 1 aliphatic heterocycles. The number of fused-ring (bicyclic) bond motifs is 1. The molecule has 146 valence electrons. The molecule has 0 fully saturated rings. The first kappa shape index (κ1) is 19.2. The molecule has 1 atom stereocenters. The number of esters is 1. The smallest absolute Gasteiger partial charge is 0.338 e. The highest BCUT2D eigenvalue weighted by Gasteiger charge is 2.28. The van der Waals surface area contributed by atoms with E-state index in [-0.39, 0.29) is 6.61 Å². The van der Waals surface area contributed by atoms with Gasteiger partial charge in [0.05, 0.1) is 5.56 Å². The maximum atomic E-state index is 12.2. The summed E-state index contributed by atoms with van der Waals surface area (Å²) in [5.41, 5.74) is 1.24. The summed E-state index contributed by atoms with van der Waals surface area (Å²) in [7, 11) is 3.77. The third-order valence-corrected chi connectivity index (χ3v) is 4.02. The molecule has 1 heterocycles. The minimum absolute atomic E-state index is 0.0197. The molecule has 0 saturated carbocycles. The van der Waals surface area contributed by atoms with Gasteiger partial charge in [0.25, 0.3) is 11.8 Å². The second-order valence-electron chi connectivity index (χ2n) is 6.29. The van der Waals surface area contributed by atoms with Crippen molar-refractivity contribution in [2.45, 2.75) is 6.10 Å². The van der Waals surface area contributed by atoms with Gasteiger partial charge >= 0.3 is 5.97 Å². The molecule has 2 aromatic rings. The van der Waals surface area contributed by atoms with E-state index in [1.165, 1.54) is 0 Å². The van der Waals surface area contributed by atoms with Gasteiger partial charge < -0.3 is 19.1 Å². The van der Waals surface area contributed by atoms with Gasteiger partial charge in [-0.25, -0.2) is 4.79 Å². The molecule has 2 aromatic carbocycles. The SMILES string of the molecule is CN(C)c1ccc(C(=O)OCC(=O)NC(=O)[C@@H]2COc3ccccc3O2)cc1. The lowest BCUT2D eigenvalue weighted by Gasteiger charge is -2.25. The van der Waals surface area contributed by atoms with E-state index in [9.17, 15) is 14.4 Å². The van der Waals surface area contributed by atoms with Crippen LogP contribution < -0.4 is 19.7 Å². The third kappa shape index (κ3) is 4.59. The van der Waals surface area contributed by atoms with Crippen LogP contribution in [-0.4, -0.2) is 51.2 Å². The lowest BCUT2D eigenvalue weighted by atomic mass is 10.2. The van der Waals surface area contributed by atoms with Crippen LogP contribution in [0.2, 0.25) is 0 Å². The van der Waals surface area contributed by atoms with E-state index in [0.29, 0.717) is 17.1 Å². The predicted octanol–water partition coefficient (Wildman–Crippen LogP) is 1.39. The number of carbonyl (C=O) groups is 3. The first-order chi connectivity index (χ1) is 13.4. The van der Waals surface area contributed by atoms with Gasteiger partial charge in [-0.05, 0) is 36.4 Å². The van der Waals surface area contributed by atoms with Gasteiger partial charge in [-0.15, -0.1) is 0 Å². The lowest BCUT2D eigenvalue weighted by molar-refractivity contribution is -0.137. The molecule has 0 aliphatic carbocycles. The number of carbonyl (C=O) groups excluding carboxylic acids is 3. The summed E-state index contributed by atoms with van der Waals surface area (Å²) in [6, 6.07) is 13.7. The molecule has 3 rings (SSSR count). The van der Waals surface area contributed by atoms with Crippen LogP contribution in [0.5, 0.6) is 11.5 Å². The van der Waals surface area contributed by atoms with Gasteiger partial charge in [0.2, 0.25) is 6.10 Å². The molecule has 0 unspecified atom stereocenters. The highest BCUT2D eigenvalue weighted by Crippen LogP contribution is 2.30. The molecule has 0 spiro atoms. The van der Waals surface area contributed by atoms with E-state index < -0.39 is 30.5 Å². The molecule has 0 bridgehead atoms. The monoisotopic (exact) mass is 384 g/mol. The number of nitrogens with one attached hydrogen (secondary N) is 1. The number of ether oxygens (including phenoxy) is 3. The molecule has 2 amide bonds. The van der Waals surface area contributed by atoms with Crippen LogP contribution in [0.25, 0.3) is 0 Å². The van der Waals surface area contributed by atoms with Gasteiger partial charge in [0, 0.05) is 19.8 Å². The van der Waals surface area contributed by atoms with E-state index in [0.717, 1.165) is 5.69 Å². The van der Waals surface area contributed by atoms with Crippen LogP contribution in [0.3, 0.4) is 0 Å². The Kier molecular flexibility index (Phi) is 5.78. The Balaban J connectivity index is 1.47. The summed E-state index contributed by atoms with van der Waals surface area (Å²) in [6.45, 7) is -0.599.